The fourth-order valence-corrected chi connectivity index (χ4v) is 5.14. The number of nitrogens with zero attached hydrogens (tertiary/aromatic N) is 1. The van der Waals surface area contributed by atoms with Gasteiger partial charge in [0.25, 0.3) is 0 Å². The van der Waals surface area contributed by atoms with Gasteiger partial charge >= 0.3 is 0 Å². The van der Waals surface area contributed by atoms with Gasteiger partial charge in [0.2, 0.25) is 10.0 Å². The first-order chi connectivity index (χ1) is 11.6. The van der Waals surface area contributed by atoms with Crippen molar-refractivity contribution in [2.24, 2.45) is 0 Å². The van der Waals surface area contributed by atoms with Crippen molar-refractivity contribution in [2.45, 2.75) is 28.8 Å². The first kappa shape index (κ1) is 15.8. The van der Waals surface area contributed by atoms with Crippen molar-refractivity contribution in [1.29, 1.82) is 0 Å². The molecule has 2 heterocycles. The lowest BCUT2D eigenvalue weighted by molar-refractivity contribution is 0.477. The van der Waals surface area contributed by atoms with Gasteiger partial charge in [-0.1, -0.05) is 6.07 Å². The summed E-state index contributed by atoms with van der Waals surface area (Å²) in [5, 5.41) is 0. The van der Waals surface area contributed by atoms with Crippen LogP contribution in [0.15, 0.2) is 52.3 Å². The minimum absolute atomic E-state index is 0.118. The number of hydrogen-bond acceptors (Lipinski definition) is 5. The van der Waals surface area contributed by atoms with E-state index in [2.05, 4.69) is 9.62 Å². The normalized spacial score (nSPS) is 21.2. The zero-order valence-corrected chi connectivity index (χ0v) is 14.9. The highest BCUT2D eigenvalue weighted by molar-refractivity contribution is 7.98. The largest absolute Gasteiger partial charge is 0.457 e. The van der Waals surface area contributed by atoms with Gasteiger partial charge in [-0.05, 0) is 49.4 Å². The highest BCUT2D eigenvalue weighted by Gasteiger charge is 2.37. The van der Waals surface area contributed by atoms with Gasteiger partial charge in [-0.15, -0.1) is 11.8 Å². The van der Waals surface area contributed by atoms with Gasteiger partial charge < -0.3 is 9.64 Å². The van der Waals surface area contributed by atoms with Gasteiger partial charge in [0.15, 0.2) is 0 Å². The van der Waals surface area contributed by atoms with Gasteiger partial charge in [0, 0.05) is 17.5 Å². The van der Waals surface area contributed by atoms with Crippen LogP contribution in [0.2, 0.25) is 0 Å². The molecule has 24 heavy (non-hydrogen) atoms. The van der Waals surface area contributed by atoms with Crippen LogP contribution in [-0.4, -0.2) is 27.4 Å². The smallest absolute Gasteiger partial charge is 0.244 e. The van der Waals surface area contributed by atoms with Crippen LogP contribution in [0, 0.1) is 0 Å². The Morgan fingerprint density at radius 2 is 2.04 bits per heavy atom. The standard InChI is InChI=1S/C17H18N2O3S2/c1-23-14-5-2-4-12(10-14)22-13-7-8-15-16(11-13)24(20,21)18-17-6-3-9-19(15)17/h2,4-5,7-8,10-11,17-18H,3,6,9H2,1H3. The number of nitrogens with one attached hydrogen (secondary N) is 1. The zero-order valence-electron chi connectivity index (χ0n) is 13.2. The first-order valence-electron chi connectivity index (χ1n) is 7.82. The molecule has 2 aromatic rings. The molecule has 0 radical (unpaired) electrons. The summed E-state index contributed by atoms with van der Waals surface area (Å²) in [5.74, 6) is 1.22. The molecule has 1 atom stereocenters. The summed E-state index contributed by atoms with van der Waals surface area (Å²) in [7, 11) is -3.50. The summed E-state index contributed by atoms with van der Waals surface area (Å²) >= 11 is 1.63. The Kier molecular flexibility index (Phi) is 3.94. The molecule has 1 unspecified atom stereocenters. The molecule has 0 aliphatic carbocycles. The molecule has 0 saturated carbocycles. The second kappa shape index (κ2) is 5.98. The second-order valence-electron chi connectivity index (χ2n) is 5.88. The summed E-state index contributed by atoms with van der Waals surface area (Å²) in [6.45, 7) is 0.871. The molecule has 0 amide bonds. The maximum Gasteiger partial charge on any atom is 0.244 e. The maximum atomic E-state index is 12.5. The molecule has 0 aromatic heterocycles. The van der Waals surface area contributed by atoms with Crippen molar-refractivity contribution in [2.75, 3.05) is 17.7 Å². The molecule has 1 N–H and O–H groups in total. The van der Waals surface area contributed by atoms with Crippen LogP contribution in [0.25, 0.3) is 0 Å². The Hall–Kier alpha value is -1.70. The van der Waals surface area contributed by atoms with Gasteiger partial charge in [0.05, 0.1) is 11.9 Å². The monoisotopic (exact) mass is 362 g/mol. The molecule has 0 bridgehead atoms. The lowest BCUT2D eigenvalue weighted by atomic mass is 10.2. The number of rotatable bonds is 3. The van der Waals surface area contributed by atoms with Gasteiger partial charge in [-0.3, -0.25) is 0 Å². The topological polar surface area (TPSA) is 58.6 Å². The number of benzene rings is 2. The Bertz CT molecular complexity index is 883. The van der Waals surface area contributed by atoms with E-state index in [-0.39, 0.29) is 6.17 Å². The minimum atomic E-state index is -3.50. The highest BCUT2D eigenvalue weighted by atomic mass is 32.2. The highest BCUT2D eigenvalue weighted by Crippen LogP contribution is 2.38. The van der Waals surface area contributed by atoms with Crippen LogP contribution in [-0.2, 0) is 10.0 Å². The predicted molar refractivity (Wildman–Crippen MR) is 95.4 cm³/mol. The van der Waals surface area contributed by atoms with Crippen molar-refractivity contribution < 1.29 is 13.2 Å². The summed E-state index contributed by atoms with van der Waals surface area (Å²) in [6.07, 6.45) is 3.72. The van der Waals surface area contributed by atoms with Crippen LogP contribution in [0.3, 0.4) is 0 Å². The van der Waals surface area contributed by atoms with E-state index in [4.69, 9.17) is 4.74 Å². The second-order valence-corrected chi connectivity index (χ2v) is 8.45. The van der Waals surface area contributed by atoms with Crippen LogP contribution in [0.5, 0.6) is 11.5 Å². The average molecular weight is 362 g/mol. The maximum absolute atomic E-state index is 12.5. The third-order valence-electron chi connectivity index (χ3n) is 4.35. The van der Waals surface area contributed by atoms with E-state index in [1.54, 1.807) is 17.8 Å². The Balaban J connectivity index is 1.70. The third kappa shape index (κ3) is 2.76. The molecule has 2 aromatic carbocycles. The summed E-state index contributed by atoms with van der Waals surface area (Å²) in [6, 6.07) is 13.0. The van der Waals surface area contributed by atoms with E-state index in [9.17, 15) is 8.42 Å². The summed E-state index contributed by atoms with van der Waals surface area (Å²) < 4.78 is 33.7. The third-order valence-corrected chi connectivity index (χ3v) is 6.56. The van der Waals surface area contributed by atoms with Crippen LogP contribution >= 0.6 is 11.8 Å². The summed E-state index contributed by atoms with van der Waals surface area (Å²) in [4.78, 5) is 3.51. The average Bonchev–Trinajstić information content (AvgIpc) is 3.02. The van der Waals surface area contributed by atoms with Crippen molar-refractivity contribution in [3.63, 3.8) is 0 Å². The molecular formula is C17H18N2O3S2. The van der Waals surface area contributed by atoms with Crippen LogP contribution in [0.1, 0.15) is 12.8 Å². The van der Waals surface area contributed by atoms with E-state index in [1.807, 2.05) is 42.7 Å². The molecule has 0 spiro atoms. The van der Waals surface area contributed by atoms with Crippen LogP contribution < -0.4 is 14.4 Å². The molecule has 1 fully saturated rings. The van der Waals surface area contributed by atoms with Gasteiger partial charge in [0.1, 0.15) is 16.4 Å². The quantitative estimate of drug-likeness (QED) is 0.848. The lowest BCUT2D eigenvalue weighted by Gasteiger charge is -2.33. The molecule has 7 heteroatoms. The van der Waals surface area contributed by atoms with E-state index in [0.29, 0.717) is 16.4 Å². The Labute approximate surface area is 146 Å². The number of hydrogen-bond donors (Lipinski definition) is 1. The Morgan fingerprint density at radius 3 is 2.88 bits per heavy atom. The van der Waals surface area contributed by atoms with Gasteiger partial charge in [-0.2, -0.15) is 4.72 Å². The van der Waals surface area contributed by atoms with Crippen molar-refractivity contribution in [3.05, 3.63) is 42.5 Å². The van der Waals surface area contributed by atoms with E-state index < -0.39 is 10.0 Å². The number of thioether (sulfide) groups is 1. The zero-order chi connectivity index (χ0) is 16.7. The lowest BCUT2D eigenvalue weighted by Crippen LogP contribution is -2.48. The fourth-order valence-electron chi connectivity index (χ4n) is 3.23. The van der Waals surface area contributed by atoms with E-state index >= 15 is 0 Å². The first-order valence-corrected chi connectivity index (χ1v) is 10.5. The van der Waals surface area contributed by atoms with Gasteiger partial charge in [-0.25, -0.2) is 8.42 Å². The molecule has 2 aliphatic heterocycles. The van der Waals surface area contributed by atoms with E-state index in [0.717, 1.165) is 30.0 Å². The van der Waals surface area contributed by atoms with Crippen molar-refractivity contribution in [3.8, 4) is 11.5 Å². The summed E-state index contributed by atoms with van der Waals surface area (Å²) in [5.41, 5.74) is 0.765. The van der Waals surface area contributed by atoms with Crippen molar-refractivity contribution >= 4 is 27.5 Å². The minimum Gasteiger partial charge on any atom is -0.457 e. The molecule has 2 aliphatic rings. The molecular weight excluding hydrogens is 344 g/mol. The SMILES string of the molecule is CSc1cccc(Oc2ccc3c(c2)S(=O)(=O)NC2CCCN32)c1. The molecule has 4 rings (SSSR count). The fraction of sp³-hybridized carbons (Fsp3) is 0.294. The number of fused-ring (bicyclic) bond motifs is 3. The molecule has 126 valence electrons. The number of ether oxygens (including phenoxy) is 1. The van der Waals surface area contributed by atoms with Crippen LogP contribution in [0.4, 0.5) is 5.69 Å². The number of anilines is 1. The number of sulfonamides is 1. The molecule has 5 nitrogen and oxygen atoms in total. The van der Waals surface area contributed by atoms with E-state index in [1.165, 1.54) is 0 Å². The molecule has 1 saturated heterocycles. The van der Waals surface area contributed by atoms with Crippen molar-refractivity contribution in [1.82, 2.24) is 4.72 Å². The predicted octanol–water partition coefficient (Wildman–Crippen LogP) is 3.42. The Morgan fingerprint density at radius 1 is 1.21 bits per heavy atom.